The van der Waals surface area contributed by atoms with Crippen LogP contribution in [0.1, 0.15) is 19.4 Å². The summed E-state index contributed by atoms with van der Waals surface area (Å²) in [6.07, 6.45) is 0. The van der Waals surface area contributed by atoms with E-state index in [4.69, 9.17) is 4.42 Å². The van der Waals surface area contributed by atoms with E-state index >= 15 is 0 Å². The molecule has 0 aliphatic carbocycles. The van der Waals surface area contributed by atoms with Crippen molar-refractivity contribution in [1.82, 2.24) is 0 Å². The molecule has 1 aromatic heterocycles. The normalized spacial score (nSPS) is 13.0. The van der Waals surface area contributed by atoms with Crippen LogP contribution >= 0.6 is 0 Å². The van der Waals surface area contributed by atoms with E-state index in [1.165, 1.54) is 26.0 Å². The summed E-state index contributed by atoms with van der Waals surface area (Å²) in [4.78, 5) is 23.4. The van der Waals surface area contributed by atoms with E-state index < -0.39 is 26.6 Å². The van der Waals surface area contributed by atoms with Crippen molar-refractivity contribution in [2.75, 3.05) is 11.1 Å². The molecule has 1 unspecified atom stereocenters. The minimum atomic E-state index is -3.46. The van der Waals surface area contributed by atoms with Gasteiger partial charge in [0, 0.05) is 29.0 Å². The average Bonchev–Trinajstić information content (AvgIpc) is 2.45. The Bertz CT molecular complexity index is 882. The van der Waals surface area contributed by atoms with E-state index in [-0.39, 0.29) is 5.75 Å². The lowest BCUT2D eigenvalue weighted by Gasteiger charge is -2.12. The highest BCUT2D eigenvalue weighted by molar-refractivity contribution is 7.92. The van der Waals surface area contributed by atoms with Crippen LogP contribution in [0, 0.1) is 6.92 Å². The molecule has 0 saturated carbocycles. The SMILES string of the molecule is CCS(=O)(=O)C(C)C(=O)Nc1ccc2c(C)cc(=O)oc2c1. The van der Waals surface area contributed by atoms with Gasteiger partial charge in [0.25, 0.3) is 0 Å². The van der Waals surface area contributed by atoms with Gasteiger partial charge in [0.2, 0.25) is 5.91 Å². The number of hydrogen-bond donors (Lipinski definition) is 1. The fraction of sp³-hybridized carbons (Fsp3) is 0.333. The summed E-state index contributed by atoms with van der Waals surface area (Å²) in [5.41, 5.74) is 1.01. The number of aryl methyl sites for hydroxylation is 1. The second-order valence-corrected chi connectivity index (χ2v) is 7.65. The first-order valence-electron chi connectivity index (χ1n) is 6.81. The van der Waals surface area contributed by atoms with Crippen molar-refractivity contribution in [3.05, 3.63) is 40.2 Å². The third-order valence-electron chi connectivity index (χ3n) is 3.53. The first-order chi connectivity index (χ1) is 10.2. The van der Waals surface area contributed by atoms with Gasteiger partial charge in [-0.1, -0.05) is 6.92 Å². The third-order valence-corrected chi connectivity index (χ3v) is 5.63. The van der Waals surface area contributed by atoms with E-state index in [9.17, 15) is 18.0 Å². The lowest BCUT2D eigenvalue weighted by Crippen LogP contribution is -2.33. The lowest BCUT2D eigenvalue weighted by atomic mass is 10.1. The van der Waals surface area contributed by atoms with Crippen LogP contribution in [0.15, 0.2) is 33.5 Å². The summed E-state index contributed by atoms with van der Waals surface area (Å²) in [6, 6.07) is 6.24. The van der Waals surface area contributed by atoms with Crippen molar-refractivity contribution >= 4 is 32.4 Å². The number of carbonyl (C=O) groups excluding carboxylic acids is 1. The van der Waals surface area contributed by atoms with Crippen LogP contribution in [0.3, 0.4) is 0 Å². The van der Waals surface area contributed by atoms with Gasteiger partial charge in [-0.2, -0.15) is 0 Å². The molecule has 0 aliphatic heterocycles. The summed E-state index contributed by atoms with van der Waals surface area (Å²) in [5, 5.41) is 2.15. The van der Waals surface area contributed by atoms with Crippen LogP contribution in [0.25, 0.3) is 11.0 Å². The maximum Gasteiger partial charge on any atom is 0.336 e. The summed E-state index contributed by atoms with van der Waals surface area (Å²) in [5.74, 6) is -0.718. The highest BCUT2D eigenvalue weighted by Crippen LogP contribution is 2.21. The van der Waals surface area contributed by atoms with E-state index in [1.807, 2.05) is 0 Å². The van der Waals surface area contributed by atoms with Gasteiger partial charge >= 0.3 is 5.63 Å². The number of hydrogen-bond acceptors (Lipinski definition) is 5. The van der Waals surface area contributed by atoms with E-state index in [1.54, 1.807) is 19.1 Å². The van der Waals surface area contributed by atoms with Crippen molar-refractivity contribution in [2.45, 2.75) is 26.0 Å². The molecule has 0 fully saturated rings. The Morgan fingerprint density at radius 2 is 2.00 bits per heavy atom. The standard InChI is InChI=1S/C15H17NO5S/c1-4-22(19,20)10(3)15(18)16-11-5-6-12-9(2)7-14(17)21-13(12)8-11/h5-8,10H,4H2,1-3H3,(H,16,18). The lowest BCUT2D eigenvalue weighted by molar-refractivity contribution is -0.115. The predicted octanol–water partition coefficient (Wildman–Crippen LogP) is 1.86. The summed E-state index contributed by atoms with van der Waals surface area (Å²) in [7, 11) is -3.46. The molecule has 22 heavy (non-hydrogen) atoms. The average molecular weight is 323 g/mol. The van der Waals surface area contributed by atoms with Crippen molar-refractivity contribution < 1.29 is 17.6 Å². The number of amides is 1. The number of sulfone groups is 1. The minimum absolute atomic E-state index is 0.104. The van der Waals surface area contributed by atoms with Crippen LogP contribution < -0.4 is 10.9 Å². The van der Waals surface area contributed by atoms with Gasteiger partial charge in [0.15, 0.2) is 9.84 Å². The van der Waals surface area contributed by atoms with Crippen LogP contribution in [-0.4, -0.2) is 25.3 Å². The Morgan fingerprint density at radius 3 is 2.64 bits per heavy atom. The number of nitrogens with one attached hydrogen (secondary N) is 1. The predicted molar refractivity (Wildman–Crippen MR) is 84.8 cm³/mol. The van der Waals surface area contributed by atoms with Crippen LogP contribution in [0.4, 0.5) is 5.69 Å². The largest absolute Gasteiger partial charge is 0.423 e. The molecule has 7 heteroatoms. The molecule has 1 aromatic carbocycles. The molecule has 1 N–H and O–H groups in total. The Balaban J connectivity index is 2.33. The Hall–Kier alpha value is -2.15. The maximum absolute atomic E-state index is 12.0. The van der Waals surface area contributed by atoms with Gasteiger partial charge < -0.3 is 9.73 Å². The molecule has 0 aliphatic rings. The third kappa shape index (κ3) is 3.19. The fourth-order valence-electron chi connectivity index (χ4n) is 2.06. The Labute approximate surface area is 128 Å². The van der Waals surface area contributed by atoms with Gasteiger partial charge in [-0.15, -0.1) is 0 Å². The fourth-order valence-corrected chi connectivity index (χ4v) is 2.94. The molecule has 6 nitrogen and oxygen atoms in total. The number of fused-ring (bicyclic) bond motifs is 1. The van der Waals surface area contributed by atoms with Gasteiger partial charge in [-0.05, 0) is 31.5 Å². The minimum Gasteiger partial charge on any atom is -0.423 e. The van der Waals surface area contributed by atoms with Gasteiger partial charge in [0.05, 0.1) is 0 Å². The van der Waals surface area contributed by atoms with Crippen molar-refractivity contribution in [1.29, 1.82) is 0 Å². The van der Waals surface area contributed by atoms with Crippen LogP contribution in [-0.2, 0) is 14.6 Å². The Kier molecular flexibility index (Phi) is 4.37. The van der Waals surface area contributed by atoms with E-state index in [0.717, 1.165) is 10.9 Å². The number of rotatable bonds is 4. The quantitative estimate of drug-likeness (QED) is 0.867. The van der Waals surface area contributed by atoms with Crippen molar-refractivity contribution in [2.24, 2.45) is 0 Å². The van der Waals surface area contributed by atoms with Crippen LogP contribution in [0.2, 0.25) is 0 Å². The molecular weight excluding hydrogens is 306 g/mol. The van der Waals surface area contributed by atoms with Crippen LogP contribution in [0.5, 0.6) is 0 Å². The molecule has 1 amide bonds. The van der Waals surface area contributed by atoms with Crippen molar-refractivity contribution in [3.63, 3.8) is 0 Å². The first kappa shape index (κ1) is 16.2. The van der Waals surface area contributed by atoms with Gasteiger partial charge in [-0.3, -0.25) is 4.79 Å². The molecule has 1 heterocycles. The molecule has 1 atom stereocenters. The number of benzene rings is 1. The highest BCUT2D eigenvalue weighted by atomic mass is 32.2. The van der Waals surface area contributed by atoms with Gasteiger partial charge in [-0.25, -0.2) is 13.2 Å². The zero-order chi connectivity index (χ0) is 16.5. The zero-order valence-corrected chi connectivity index (χ0v) is 13.4. The molecular formula is C15H17NO5S. The number of anilines is 1. The topological polar surface area (TPSA) is 93.5 Å². The van der Waals surface area contributed by atoms with E-state index in [2.05, 4.69) is 5.32 Å². The second-order valence-electron chi connectivity index (χ2n) is 5.04. The summed E-state index contributed by atoms with van der Waals surface area (Å²) >= 11 is 0. The van der Waals surface area contributed by atoms with Gasteiger partial charge in [0.1, 0.15) is 10.8 Å². The van der Waals surface area contributed by atoms with Crippen molar-refractivity contribution in [3.8, 4) is 0 Å². The number of carbonyl (C=O) groups is 1. The zero-order valence-electron chi connectivity index (χ0n) is 12.5. The molecule has 118 valence electrons. The summed E-state index contributed by atoms with van der Waals surface area (Å²) < 4.78 is 28.5. The molecule has 0 radical (unpaired) electrons. The Morgan fingerprint density at radius 1 is 1.32 bits per heavy atom. The summed E-state index contributed by atoms with van der Waals surface area (Å²) in [6.45, 7) is 4.62. The second kappa shape index (κ2) is 5.92. The highest BCUT2D eigenvalue weighted by Gasteiger charge is 2.26. The maximum atomic E-state index is 12.0. The van der Waals surface area contributed by atoms with E-state index in [0.29, 0.717) is 11.3 Å². The molecule has 2 aromatic rings. The molecule has 2 rings (SSSR count). The molecule has 0 spiro atoms. The smallest absolute Gasteiger partial charge is 0.336 e. The monoisotopic (exact) mass is 323 g/mol. The molecule has 0 bridgehead atoms. The first-order valence-corrected chi connectivity index (χ1v) is 8.53. The molecule has 0 saturated heterocycles.